The maximum absolute atomic E-state index is 13.1. The number of nitrogens with zero attached hydrogens (tertiary/aromatic N) is 3. The first-order chi connectivity index (χ1) is 14.3. The molecular weight excluding hydrogens is 400 g/mol. The number of pyridine rings is 2. The largest absolute Gasteiger partial charge is 0.326 e. The molecule has 7 nitrogen and oxygen atoms in total. The fraction of sp³-hybridized carbons (Fsp3) is 0.0909. The quantitative estimate of drug-likeness (QED) is 0.659. The Morgan fingerprint density at radius 1 is 1.00 bits per heavy atom. The zero-order valence-electron chi connectivity index (χ0n) is 16.3. The predicted octanol–water partition coefficient (Wildman–Crippen LogP) is 3.13. The minimum atomic E-state index is -3.03. The van der Waals surface area contributed by atoms with E-state index in [1.54, 1.807) is 48.8 Å². The van der Waals surface area contributed by atoms with E-state index >= 15 is 0 Å². The van der Waals surface area contributed by atoms with Crippen molar-refractivity contribution in [1.29, 1.82) is 0 Å². The molecule has 150 valence electrons. The third kappa shape index (κ3) is 5.59. The van der Waals surface area contributed by atoms with E-state index in [1.165, 1.54) is 31.6 Å². The molecule has 0 aliphatic rings. The average molecular weight is 418 g/mol. The fourth-order valence-electron chi connectivity index (χ4n) is 2.48. The molecule has 1 aromatic carbocycles. The molecule has 0 aliphatic carbocycles. The van der Waals surface area contributed by atoms with E-state index in [9.17, 15) is 13.8 Å². The third-order valence-electron chi connectivity index (χ3n) is 3.87. The van der Waals surface area contributed by atoms with Gasteiger partial charge in [-0.1, -0.05) is 17.9 Å². The van der Waals surface area contributed by atoms with Crippen LogP contribution in [0.3, 0.4) is 0 Å². The van der Waals surface area contributed by atoms with Gasteiger partial charge in [-0.3, -0.25) is 19.6 Å². The Morgan fingerprint density at radius 2 is 1.73 bits per heavy atom. The molecule has 0 bridgehead atoms. The topological polar surface area (TPSA) is 101 Å². The molecule has 0 radical (unpaired) electrons. The summed E-state index contributed by atoms with van der Waals surface area (Å²) in [4.78, 5) is 32.1. The van der Waals surface area contributed by atoms with E-state index in [0.29, 0.717) is 16.1 Å². The van der Waals surface area contributed by atoms with Crippen molar-refractivity contribution in [3.63, 3.8) is 0 Å². The maximum atomic E-state index is 13.1. The molecule has 0 saturated heterocycles. The van der Waals surface area contributed by atoms with E-state index in [2.05, 4.69) is 31.5 Å². The summed E-state index contributed by atoms with van der Waals surface area (Å²) < 4.78 is 17.0. The summed E-state index contributed by atoms with van der Waals surface area (Å²) in [5.41, 5.74) is 1.97. The van der Waals surface area contributed by atoms with Gasteiger partial charge in [0.25, 0.3) is 5.91 Å². The normalized spacial score (nSPS) is 12.1. The highest BCUT2D eigenvalue weighted by Crippen LogP contribution is 2.18. The van der Waals surface area contributed by atoms with Crippen LogP contribution in [0.25, 0.3) is 0 Å². The zero-order valence-corrected chi connectivity index (χ0v) is 17.1. The second kappa shape index (κ2) is 9.11. The highest BCUT2D eigenvalue weighted by molar-refractivity contribution is 7.93. The van der Waals surface area contributed by atoms with E-state index in [1.807, 2.05) is 0 Å². The molecule has 8 heteroatoms. The number of aromatic nitrogens is 2. The van der Waals surface area contributed by atoms with E-state index in [0.717, 1.165) is 5.56 Å². The molecule has 0 spiro atoms. The minimum absolute atomic E-state index is 0.184. The van der Waals surface area contributed by atoms with Crippen molar-refractivity contribution >= 4 is 27.2 Å². The summed E-state index contributed by atoms with van der Waals surface area (Å²) in [5, 5.41) is 2.62. The second-order valence-electron chi connectivity index (χ2n) is 6.36. The number of rotatable bonds is 3. The van der Waals surface area contributed by atoms with Gasteiger partial charge in [-0.15, -0.1) is 0 Å². The van der Waals surface area contributed by atoms with Crippen molar-refractivity contribution < 1.29 is 13.8 Å². The van der Waals surface area contributed by atoms with Crippen LogP contribution in [0.15, 0.2) is 76.5 Å². The standard InChI is InChI=1S/C22H18N4O3S/c1-16(27)25-20-4-3-5-21(13-20)30(2,29)26-22(28)19-12-18(14-24-15-19)7-6-17-8-10-23-11-9-17/h3-5,8-15H,1-2H3,(H,25,27). The third-order valence-corrected chi connectivity index (χ3v) is 5.51. The molecule has 2 aromatic heterocycles. The van der Waals surface area contributed by atoms with Gasteiger partial charge in [0.15, 0.2) is 0 Å². The first-order valence-corrected chi connectivity index (χ1v) is 10.8. The van der Waals surface area contributed by atoms with Crippen LogP contribution in [0, 0.1) is 11.8 Å². The van der Waals surface area contributed by atoms with Crippen LogP contribution in [0.2, 0.25) is 0 Å². The van der Waals surface area contributed by atoms with Crippen molar-refractivity contribution in [2.45, 2.75) is 11.8 Å². The Labute approximate surface area is 174 Å². The summed E-state index contributed by atoms with van der Waals surface area (Å²) in [6.07, 6.45) is 7.54. The average Bonchev–Trinajstić information content (AvgIpc) is 2.73. The van der Waals surface area contributed by atoms with Gasteiger partial charge in [-0.2, -0.15) is 4.36 Å². The molecule has 2 heterocycles. The molecule has 1 atom stereocenters. The number of benzene rings is 1. The van der Waals surface area contributed by atoms with Gasteiger partial charge in [0.1, 0.15) is 0 Å². The summed E-state index contributed by atoms with van der Waals surface area (Å²) >= 11 is 0. The Kier molecular flexibility index (Phi) is 6.35. The highest BCUT2D eigenvalue weighted by Gasteiger charge is 2.13. The number of hydrogen-bond acceptors (Lipinski definition) is 5. The zero-order chi connectivity index (χ0) is 21.6. The molecular formula is C22H18N4O3S. The second-order valence-corrected chi connectivity index (χ2v) is 8.62. The lowest BCUT2D eigenvalue weighted by Crippen LogP contribution is -2.08. The van der Waals surface area contributed by atoms with Gasteiger partial charge in [-0.25, -0.2) is 4.21 Å². The van der Waals surface area contributed by atoms with Gasteiger partial charge in [0, 0.05) is 59.7 Å². The molecule has 30 heavy (non-hydrogen) atoms. The monoisotopic (exact) mass is 418 g/mol. The number of carbonyl (C=O) groups excluding carboxylic acids is 2. The van der Waals surface area contributed by atoms with Crippen molar-refractivity contribution in [1.82, 2.24) is 9.97 Å². The first kappa shape index (κ1) is 20.9. The van der Waals surface area contributed by atoms with Crippen LogP contribution in [0.1, 0.15) is 28.4 Å². The van der Waals surface area contributed by atoms with Gasteiger partial charge >= 0.3 is 0 Å². The van der Waals surface area contributed by atoms with Gasteiger partial charge in [0.2, 0.25) is 5.91 Å². The Morgan fingerprint density at radius 3 is 2.47 bits per heavy atom. The molecule has 1 unspecified atom stereocenters. The van der Waals surface area contributed by atoms with Crippen LogP contribution >= 0.6 is 0 Å². The lowest BCUT2D eigenvalue weighted by Gasteiger charge is -2.07. The van der Waals surface area contributed by atoms with E-state index < -0.39 is 15.6 Å². The highest BCUT2D eigenvalue weighted by atomic mass is 32.2. The first-order valence-electron chi connectivity index (χ1n) is 8.85. The Hall–Kier alpha value is -3.83. The summed E-state index contributed by atoms with van der Waals surface area (Å²) in [6.45, 7) is 1.38. The molecule has 3 rings (SSSR count). The Balaban J connectivity index is 1.88. The minimum Gasteiger partial charge on any atom is -0.326 e. The van der Waals surface area contributed by atoms with Crippen molar-refractivity contribution in [2.75, 3.05) is 11.6 Å². The molecule has 3 aromatic rings. The molecule has 0 saturated carbocycles. The van der Waals surface area contributed by atoms with Crippen LogP contribution in [0.4, 0.5) is 5.69 Å². The fourth-order valence-corrected chi connectivity index (χ4v) is 3.69. The molecule has 1 N–H and O–H groups in total. The van der Waals surface area contributed by atoms with Gasteiger partial charge < -0.3 is 5.32 Å². The van der Waals surface area contributed by atoms with E-state index in [-0.39, 0.29) is 11.5 Å². The van der Waals surface area contributed by atoms with Crippen LogP contribution in [-0.2, 0) is 14.5 Å². The summed E-state index contributed by atoms with van der Waals surface area (Å²) in [5.74, 6) is 4.98. The van der Waals surface area contributed by atoms with Crippen molar-refractivity contribution in [3.8, 4) is 11.8 Å². The SMILES string of the molecule is CC(=O)Nc1cccc(S(C)(=O)=NC(=O)c2cncc(C#Cc3ccncc3)c2)c1. The number of anilines is 1. The number of hydrogen-bond donors (Lipinski definition) is 1. The molecule has 0 aliphatic heterocycles. The Bertz CT molecular complexity index is 1280. The predicted molar refractivity (Wildman–Crippen MR) is 114 cm³/mol. The van der Waals surface area contributed by atoms with E-state index in [4.69, 9.17) is 0 Å². The van der Waals surface area contributed by atoms with Crippen molar-refractivity contribution in [3.05, 3.63) is 83.9 Å². The van der Waals surface area contributed by atoms with Gasteiger partial charge in [0.05, 0.1) is 15.3 Å². The summed E-state index contributed by atoms with van der Waals surface area (Å²) in [7, 11) is -3.03. The van der Waals surface area contributed by atoms with Crippen LogP contribution < -0.4 is 5.32 Å². The molecule has 2 amide bonds. The maximum Gasteiger partial charge on any atom is 0.286 e. The van der Waals surface area contributed by atoms with Crippen LogP contribution in [0.5, 0.6) is 0 Å². The van der Waals surface area contributed by atoms with Gasteiger partial charge in [-0.05, 0) is 36.4 Å². The molecule has 0 fully saturated rings. The lowest BCUT2D eigenvalue weighted by molar-refractivity contribution is -0.114. The van der Waals surface area contributed by atoms with Crippen LogP contribution in [-0.4, -0.2) is 32.2 Å². The summed E-state index contributed by atoms with van der Waals surface area (Å²) in [6, 6.07) is 11.5. The smallest absolute Gasteiger partial charge is 0.286 e. The number of nitrogens with one attached hydrogen (secondary N) is 1. The number of amides is 2. The van der Waals surface area contributed by atoms with Crippen molar-refractivity contribution in [2.24, 2.45) is 4.36 Å². The number of carbonyl (C=O) groups is 2. The lowest BCUT2D eigenvalue weighted by atomic mass is 10.2.